The van der Waals surface area contributed by atoms with Crippen molar-refractivity contribution in [3.8, 4) is 0 Å². The number of amides is 2. The van der Waals surface area contributed by atoms with Crippen molar-refractivity contribution in [1.29, 1.82) is 0 Å². The molecule has 0 radical (unpaired) electrons. The van der Waals surface area contributed by atoms with Crippen LogP contribution in [0.2, 0.25) is 0 Å². The summed E-state index contributed by atoms with van der Waals surface area (Å²) in [6.45, 7) is 2.39. The van der Waals surface area contributed by atoms with Gasteiger partial charge in [-0.05, 0) is 42.7 Å². The highest BCUT2D eigenvalue weighted by Crippen LogP contribution is 2.31. The number of hydrogen-bond donors (Lipinski definition) is 1. The summed E-state index contributed by atoms with van der Waals surface area (Å²) in [5.74, 6) is -0.0000841. The van der Waals surface area contributed by atoms with Crippen LogP contribution in [-0.4, -0.2) is 44.4 Å². The molecule has 1 aliphatic rings. The fourth-order valence-electron chi connectivity index (χ4n) is 3.96. The summed E-state index contributed by atoms with van der Waals surface area (Å²) in [5.41, 5.74) is 1.05. The van der Waals surface area contributed by atoms with E-state index in [1.54, 1.807) is 29.2 Å². The molecule has 168 valence electrons. The summed E-state index contributed by atoms with van der Waals surface area (Å²) in [6, 6.07) is 9.34. The smallest absolute Gasteiger partial charge is 0.342 e. The number of hydrogen-bond acceptors (Lipinski definition) is 4. The second-order valence-electron chi connectivity index (χ2n) is 7.94. The van der Waals surface area contributed by atoms with Crippen molar-refractivity contribution in [2.75, 3.05) is 18.4 Å². The minimum Gasteiger partial charge on any atom is -0.342 e. The van der Waals surface area contributed by atoms with Gasteiger partial charge in [-0.2, -0.15) is 13.2 Å². The van der Waals surface area contributed by atoms with E-state index in [2.05, 4.69) is 15.5 Å². The van der Waals surface area contributed by atoms with Crippen LogP contribution in [0.15, 0.2) is 42.6 Å². The van der Waals surface area contributed by atoms with Gasteiger partial charge in [0, 0.05) is 37.8 Å². The number of carbonyl (C=O) groups excluding carboxylic acids is 2. The summed E-state index contributed by atoms with van der Waals surface area (Å²) in [7, 11) is 0. The summed E-state index contributed by atoms with van der Waals surface area (Å²) in [4.78, 5) is 25.7. The maximum atomic E-state index is 13.1. The molecule has 7 nitrogen and oxygen atoms in total. The van der Waals surface area contributed by atoms with Crippen LogP contribution in [0, 0.1) is 0 Å². The molecule has 10 heteroatoms. The van der Waals surface area contributed by atoms with Gasteiger partial charge in [-0.3, -0.25) is 14.0 Å². The number of anilines is 1. The highest BCUT2D eigenvalue weighted by atomic mass is 19.4. The zero-order valence-corrected chi connectivity index (χ0v) is 17.4. The molecule has 1 aliphatic heterocycles. The molecule has 1 saturated heterocycles. The number of rotatable bonds is 4. The Kier molecular flexibility index (Phi) is 5.86. The van der Waals surface area contributed by atoms with Gasteiger partial charge in [0.15, 0.2) is 5.65 Å². The van der Waals surface area contributed by atoms with E-state index in [0.29, 0.717) is 36.7 Å². The first-order valence-corrected chi connectivity index (χ1v) is 10.3. The Morgan fingerprint density at radius 2 is 1.88 bits per heavy atom. The van der Waals surface area contributed by atoms with E-state index >= 15 is 0 Å². The van der Waals surface area contributed by atoms with E-state index in [9.17, 15) is 22.8 Å². The zero-order chi connectivity index (χ0) is 22.9. The Balaban J connectivity index is 1.47. The first-order valence-electron chi connectivity index (χ1n) is 10.3. The van der Waals surface area contributed by atoms with Crippen molar-refractivity contribution in [3.63, 3.8) is 0 Å². The van der Waals surface area contributed by atoms with Gasteiger partial charge < -0.3 is 10.2 Å². The molecule has 1 aromatic carbocycles. The van der Waals surface area contributed by atoms with Crippen molar-refractivity contribution in [3.05, 3.63) is 59.5 Å². The number of halogens is 3. The van der Waals surface area contributed by atoms with Gasteiger partial charge in [-0.1, -0.05) is 12.1 Å². The van der Waals surface area contributed by atoms with Crippen LogP contribution in [0.5, 0.6) is 0 Å². The lowest BCUT2D eigenvalue weighted by Crippen LogP contribution is -2.40. The molecule has 0 aliphatic carbocycles. The minimum absolute atomic E-state index is 0.0632. The summed E-state index contributed by atoms with van der Waals surface area (Å²) in [6.07, 6.45) is -1.80. The van der Waals surface area contributed by atoms with E-state index in [4.69, 9.17) is 0 Å². The number of alkyl halides is 3. The van der Waals surface area contributed by atoms with Gasteiger partial charge in [0.1, 0.15) is 5.82 Å². The molecule has 1 fully saturated rings. The first kappa shape index (κ1) is 21.8. The average molecular weight is 445 g/mol. The Bertz CT molecular complexity index is 1140. The van der Waals surface area contributed by atoms with Crippen LogP contribution < -0.4 is 5.32 Å². The fraction of sp³-hybridized carbons (Fsp3) is 0.364. The molecule has 0 spiro atoms. The number of benzene rings is 1. The largest absolute Gasteiger partial charge is 0.417 e. The monoisotopic (exact) mass is 445 g/mol. The lowest BCUT2D eigenvalue weighted by Gasteiger charge is -2.32. The molecule has 0 bridgehead atoms. The number of aromatic nitrogens is 3. The number of likely N-dealkylation sites (tertiary alicyclic amines) is 1. The highest BCUT2D eigenvalue weighted by Gasteiger charge is 2.32. The predicted molar refractivity (Wildman–Crippen MR) is 111 cm³/mol. The van der Waals surface area contributed by atoms with Crippen LogP contribution in [0.3, 0.4) is 0 Å². The van der Waals surface area contributed by atoms with Crippen molar-refractivity contribution in [1.82, 2.24) is 19.5 Å². The Morgan fingerprint density at radius 3 is 2.56 bits per heavy atom. The topological polar surface area (TPSA) is 79.6 Å². The number of nitrogens with one attached hydrogen (secondary N) is 1. The van der Waals surface area contributed by atoms with Gasteiger partial charge in [0.05, 0.1) is 12.0 Å². The number of pyridine rings is 1. The van der Waals surface area contributed by atoms with Crippen molar-refractivity contribution < 1.29 is 22.8 Å². The Labute approximate surface area is 182 Å². The molecule has 1 N–H and O–H groups in total. The second kappa shape index (κ2) is 8.60. The standard InChI is InChI=1S/C22H22F3N5O2/c1-14(31)26-18-7-4-15(5-8-18)11-20(32)29-10-2-3-16(12-29)21-28-27-19-9-6-17(13-30(19)21)22(23,24)25/h4-9,13,16H,2-3,10-12H2,1H3,(H,26,31). The molecule has 4 rings (SSSR count). The van der Waals surface area contributed by atoms with Gasteiger partial charge >= 0.3 is 6.18 Å². The number of carbonyl (C=O) groups is 2. The molecule has 2 amide bonds. The number of nitrogens with zero attached hydrogens (tertiary/aromatic N) is 4. The second-order valence-corrected chi connectivity index (χ2v) is 7.94. The normalized spacial score (nSPS) is 16.9. The van der Waals surface area contributed by atoms with Crippen LogP contribution >= 0.6 is 0 Å². The van der Waals surface area contributed by atoms with E-state index in [-0.39, 0.29) is 24.2 Å². The SMILES string of the molecule is CC(=O)Nc1ccc(CC(=O)N2CCCC(c3nnc4ccc(C(F)(F)F)cn34)C2)cc1. The quantitative estimate of drug-likeness (QED) is 0.665. The molecule has 0 saturated carbocycles. The third kappa shape index (κ3) is 4.74. The van der Waals surface area contributed by atoms with E-state index in [0.717, 1.165) is 24.2 Å². The molecule has 3 heterocycles. The van der Waals surface area contributed by atoms with Crippen LogP contribution in [0.1, 0.15) is 42.6 Å². The lowest BCUT2D eigenvalue weighted by atomic mass is 9.96. The molecule has 3 aromatic rings. The molecular formula is C22H22F3N5O2. The molecule has 1 unspecified atom stereocenters. The molecular weight excluding hydrogens is 423 g/mol. The number of fused-ring (bicyclic) bond motifs is 1. The molecule has 32 heavy (non-hydrogen) atoms. The van der Waals surface area contributed by atoms with E-state index < -0.39 is 11.7 Å². The zero-order valence-electron chi connectivity index (χ0n) is 17.4. The van der Waals surface area contributed by atoms with E-state index in [1.165, 1.54) is 17.4 Å². The first-order chi connectivity index (χ1) is 15.2. The van der Waals surface area contributed by atoms with Crippen molar-refractivity contribution in [2.24, 2.45) is 0 Å². The van der Waals surface area contributed by atoms with Gasteiger partial charge in [-0.25, -0.2) is 0 Å². The van der Waals surface area contributed by atoms with Gasteiger partial charge in [0.2, 0.25) is 11.8 Å². The third-order valence-electron chi connectivity index (χ3n) is 5.52. The van der Waals surface area contributed by atoms with Gasteiger partial charge in [0.25, 0.3) is 0 Å². The molecule has 1 atom stereocenters. The maximum absolute atomic E-state index is 13.1. The fourth-order valence-corrected chi connectivity index (χ4v) is 3.96. The van der Waals surface area contributed by atoms with Gasteiger partial charge in [-0.15, -0.1) is 10.2 Å². The highest BCUT2D eigenvalue weighted by molar-refractivity contribution is 5.88. The predicted octanol–water partition coefficient (Wildman–Crippen LogP) is 3.66. The lowest BCUT2D eigenvalue weighted by molar-refractivity contribution is -0.138. The average Bonchev–Trinajstić information content (AvgIpc) is 3.17. The van der Waals surface area contributed by atoms with E-state index in [1.807, 2.05) is 0 Å². The minimum atomic E-state index is -4.46. The van der Waals surface area contributed by atoms with Crippen LogP contribution in [0.4, 0.5) is 18.9 Å². The maximum Gasteiger partial charge on any atom is 0.417 e. The number of piperidine rings is 1. The third-order valence-corrected chi connectivity index (χ3v) is 5.52. The Hall–Kier alpha value is -3.43. The molecule has 2 aromatic heterocycles. The van der Waals surface area contributed by atoms with Crippen molar-refractivity contribution >= 4 is 23.1 Å². The van der Waals surface area contributed by atoms with Crippen LogP contribution in [0.25, 0.3) is 5.65 Å². The summed E-state index contributed by atoms with van der Waals surface area (Å²) >= 11 is 0. The van der Waals surface area contributed by atoms with Crippen LogP contribution in [-0.2, 0) is 22.2 Å². The summed E-state index contributed by atoms with van der Waals surface area (Å²) in [5, 5.41) is 10.8. The summed E-state index contributed by atoms with van der Waals surface area (Å²) < 4.78 is 40.8. The van der Waals surface area contributed by atoms with Crippen molar-refractivity contribution in [2.45, 2.75) is 38.3 Å². The Morgan fingerprint density at radius 1 is 1.12 bits per heavy atom.